The van der Waals surface area contributed by atoms with Crippen molar-refractivity contribution in [3.63, 3.8) is 0 Å². The number of nitrogens with one attached hydrogen (secondary N) is 2. The molecule has 2 aromatic heterocycles. The summed E-state index contributed by atoms with van der Waals surface area (Å²) in [5, 5.41) is 11.8. The molecule has 4 aromatic rings. The van der Waals surface area contributed by atoms with E-state index in [0.29, 0.717) is 12.3 Å². The van der Waals surface area contributed by atoms with Crippen molar-refractivity contribution >= 4 is 38.8 Å². The van der Waals surface area contributed by atoms with Gasteiger partial charge in [-0.15, -0.1) is 10.2 Å². The van der Waals surface area contributed by atoms with Gasteiger partial charge in [0.05, 0.1) is 5.56 Å². The van der Waals surface area contributed by atoms with Crippen molar-refractivity contribution in [1.82, 2.24) is 25.4 Å². The van der Waals surface area contributed by atoms with Gasteiger partial charge in [-0.3, -0.25) is 9.69 Å². The van der Waals surface area contributed by atoms with Gasteiger partial charge in [-0.05, 0) is 39.7 Å². The zero-order valence-corrected chi connectivity index (χ0v) is 17.2. The van der Waals surface area contributed by atoms with E-state index in [-0.39, 0.29) is 18.3 Å². The van der Waals surface area contributed by atoms with Crippen LogP contribution in [0.15, 0.2) is 63.6 Å². The number of H-pyrrole nitrogens is 1. The Hall–Kier alpha value is -3.46. The lowest BCUT2D eigenvalue weighted by Gasteiger charge is -2.10. The molecule has 1 aliphatic heterocycles. The number of benzene rings is 2. The van der Waals surface area contributed by atoms with E-state index in [9.17, 15) is 9.59 Å². The van der Waals surface area contributed by atoms with E-state index in [4.69, 9.17) is 4.42 Å². The minimum Gasteiger partial charge on any atom is -0.419 e. The summed E-state index contributed by atoms with van der Waals surface area (Å²) in [5.41, 5.74) is 2.71. The van der Waals surface area contributed by atoms with Crippen molar-refractivity contribution in [1.29, 1.82) is 0 Å². The fraction of sp³-hybridized carbons (Fsp3) is 0.143. The molecule has 30 heavy (non-hydrogen) atoms. The van der Waals surface area contributed by atoms with Crippen molar-refractivity contribution in [2.24, 2.45) is 0 Å². The maximum atomic E-state index is 12.8. The summed E-state index contributed by atoms with van der Waals surface area (Å²) in [6, 6.07) is 14.2. The molecule has 2 N–H and O–H groups in total. The molecule has 150 valence electrons. The molecule has 3 amide bonds. The van der Waals surface area contributed by atoms with E-state index in [1.54, 1.807) is 0 Å². The van der Waals surface area contributed by atoms with E-state index < -0.39 is 12.1 Å². The normalized spacial score (nSPS) is 16.4. The van der Waals surface area contributed by atoms with Crippen LogP contribution in [0.5, 0.6) is 0 Å². The summed E-state index contributed by atoms with van der Waals surface area (Å²) in [7, 11) is 0. The van der Waals surface area contributed by atoms with Gasteiger partial charge >= 0.3 is 6.03 Å². The number of halogens is 1. The average molecular weight is 466 g/mol. The highest BCUT2D eigenvalue weighted by molar-refractivity contribution is 9.10. The number of para-hydroxylation sites is 1. The van der Waals surface area contributed by atoms with Crippen LogP contribution in [0.2, 0.25) is 0 Å². The molecule has 8 nitrogen and oxygen atoms in total. The minimum atomic E-state index is -0.637. The molecule has 0 aliphatic carbocycles. The van der Waals surface area contributed by atoms with Crippen molar-refractivity contribution in [2.45, 2.75) is 19.0 Å². The lowest BCUT2D eigenvalue weighted by Crippen LogP contribution is -2.32. The number of carbonyl (C=O) groups excluding carboxylic acids is 2. The Morgan fingerprint density at radius 1 is 1.07 bits per heavy atom. The third-order valence-corrected chi connectivity index (χ3v) is 5.76. The van der Waals surface area contributed by atoms with Gasteiger partial charge in [-0.2, -0.15) is 0 Å². The first kappa shape index (κ1) is 18.6. The Balaban J connectivity index is 1.32. The van der Waals surface area contributed by atoms with Gasteiger partial charge in [0.2, 0.25) is 11.8 Å². The Kier molecular flexibility index (Phi) is 4.59. The van der Waals surface area contributed by atoms with Crippen LogP contribution in [0, 0.1) is 0 Å². The Bertz CT molecular complexity index is 1260. The lowest BCUT2D eigenvalue weighted by molar-refractivity contribution is -0.128. The fourth-order valence-electron chi connectivity index (χ4n) is 3.58. The highest BCUT2D eigenvalue weighted by Crippen LogP contribution is 2.27. The first-order chi connectivity index (χ1) is 14.6. The zero-order chi connectivity index (χ0) is 20.7. The third-order valence-electron chi connectivity index (χ3n) is 5.07. The van der Waals surface area contributed by atoms with Crippen LogP contribution in [0.4, 0.5) is 4.79 Å². The number of amides is 3. The van der Waals surface area contributed by atoms with Crippen molar-refractivity contribution in [3.8, 4) is 11.5 Å². The highest BCUT2D eigenvalue weighted by Gasteiger charge is 2.39. The Labute approximate surface area is 179 Å². The van der Waals surface area contributed by atoms with Crippen molar-refractivity contribution < 1.29 is 14.0 Å². The van der Waals surface area contributed by atoms with E-state index >= 15 is 0 Å². The molecule has 3 heterocycles. The molecular formula is C21H16BrN5O3. The Morgan fingerprint density at radius 2 is 1.87 bits per heavy atom. The van der Waals surface area contributed by atoms with E-state index in [2.05, 4.69) is 36.4 Å². The largest absolute Gasteiger partial charge is 0.419 e. The standard InChI is InChI=1S/C21H16BrN5O3/c22-15-7-3-1-6-14(15)19-26-25-18(30-19)11-27-20(28)17(24-21(27)29)9-12-10-23-16-8-4-2-5-13(12)16/h1-8,10,17,23H,9,11H2,(H,24,29)/t17-/m0/s1. The average Bonchev–Trinajstić information content (AvgIpc) is 3.44. The molecule has 0 spiro atoms. The molecule has 1 aliphatic rings. The van der Waals surface area contributed by atoms with Gasteiger partial charge < -0.3 is 14.7 Å². The lowest BCUT2D eigenvalue weighted by atomic mass is 10.1. The molecular weight excluding hydrogens is 450 g/mol. The number of hydrogen-bond acceptors (Lipinski definition) is 5. The van der Waals surface area contributed by atoms with Gasteiger partial charge in [0.1, 0.15) is 12.6 Å². The van der Waals surface area contributed by atoms with E-state index in [0.717, 1.165) is 31.4 Å². The summed E-state index contributed by atoms with van der Waals surface area (Å²) < 4.78 is 6.49. The molecule has 1 fully saturated rings. The quantitative estimate of drug-likeness (QED) is 0.437. The van der Waals surface area contributed by atoms with Crippen molar-refractivity contribution in [2.75, 3.05) is 0 Å². The number of carbonyl (C=O) groups is 2. The summed E-state index contributed by atoms with van der Waals surface area (Å²) >= 11 is 3.44. The van der Waals surface area contributed by atoms with Crippen molar-refractivity contribution in [3.05, 3.63) is 70.7 Å². The van der Waals surface area contributed by atoms with Crippen LogP contribution in [-0.4, -0.2) is 38.1 Å². The summed E-state index contributed by atoms with van der Waals surface area (Å²) in [6.45, 7) is -0.0769. The summed E-state index contributed by atoms with van der Waals surface area (Å²) in [6.07, 6.45) is 2.27. The highest BCUT2D eigenvalue weighted by atomic mass is 79.9. The van der Waals surface area contributed by atoms with Crippen LogP contribution in [0.3, 0.4) is 0 Å². The molecule has 1 atom stereocenters. The predicted molar refractivity (Wildman–Crippen MR) is 112 cm³/mol. The first-order valence-electron chi connectivity index (χ1n) is 9.34. The van der Waals surface area contributed by atoms with Gasteiger partial charge in [-0.1, -0.05) is 30.3 Å². The molecule has 9 heteroatoms. The minimum absolute atomic E-state index is 0.0769. The zero-order valence-electron chi connectivity index (χ0n) is 15.6. The van der Waals surface area contributed by atoms with Crippen LogP contribution >= 0.6 is 15.9 Å². The number of hydrogen-bond donors (Lipinski definition) is 2. The van der Waals surface area contributed by atoms with Crippen LogP contribution in [-0.2, 0) is 17.8 Å². The van der Waals surface area contributed by atoms with Gasteiger partial charge in [0, 0.05) is 28.0 Å². The molecule has 2 aromatic carbocycles. The predicted octanol–water partition coefficient (Wildman–Crippen LogP) is 3.64. The number of fused-ring (bicyclic) bond motifs is 1. The maximum Gasteiger partial charge on any atom is 0.325 e. The van der Waals surface area contributed by atoms with Gasteiger partial charge in [0.15, 0.2) is 0 Å². The van der Waals surface area contributed by atoms with Gasteiger partial charge in [-0.25, -0.2) is 4.79 Å². The fourth-order valence-corrected chi connectivity index (χ4v) is 4.04. The molecule has 0 radical (unpaired) electrons. The van der Waals surface area contributed by atoms with Crippen LogP contribution in [0.25, 0.3) is 22.4 Å². The monoisotopic (exact) mass is 465 g/mol. The molecule has 0 unspecified atom stereocenters. The number of imide groups is 1. The smallest absolute Gasteiger partial charge is 0.325 e. The van der Waals surface area contributed by atoms with Gasteiger partial charge in [0.25, 0.3) is 5.91 Å². The molecule has 0 bridgehead atoms. The molecule has 5 rings (SSSR count). The summed E-state index contributed by atoms with van der Waals surface area (Å²) in [4.78, 5) is 29.6. The SMILES string of the molecule is O=C1N[C@@H](Cc2c[nH]c3ccccc23)C(=O)N1Cc1nnc(-c2ccccc2Br)o1. The second kappa shape index (κ2) is 7.42. The number of nitrogens with zero attached hydrogens (tertiary/aromatic N) is 3. The van der Waals surface area contributed by atoms with E-state index in [1.165, 1.54) is 0 Å². The molecule has 0 saturated carbocycles. The second-order valence-corrected chi connectivity index (χ2v) is 7.83. The maximum absolute atomic E-state index is 12.8. The first-order valence-corrected chi connectivity index (χ1v) is 10.1. The Morgan fingerprint density at radius 3 is 2.73 bits per heavy atom. The summed E-state index contributed by atoms with van der Waals surface area (Å²) in [5.74, 6) is 0.197. The number of aromatic nitrogens is 3. The number of rotatable bonds is 5. The third kappa shape index (κ3) is 3.26. The van der Waals surface area contributed by atoms with E-state index in [1.807, 2.05) is 54.7 Å². The molecule has 1 saturated heterocycles. The number of aromatic amines is 1. The second-order valence-electron chi connectivity index (χ2n) is 6.97. The number of urea groups is 1. The van der Waals surface area contributed by atoms with Crippen LogP contribution in [0.1, 0.15) is 11.5 Å². The topological polar surface area (TPSA) is 104 Å². The van der Waals surface area contributed by atoms with Crippen LogP contribution < -0.4 is 5.32 Å².